The van der Waals surface area contributed by atoms with Gasteiger partial charge in [0.1, 0.15) is 11.5 Å². The molecule has 2 heterocycles. The number of ether oxygens (including phenoxy) is 2. The standard InChI is InChI=1S/C26H30N6O2/c1-31-17-19(15-29-31)26-16-28-24-7-6-20(12-25(24)30-26)32(9-8-27-14-18-4-5-18)21-10-22(33-2)13-23(11-21)34-3/h6-7,10-13,15-18,27H,4-5,8-9,14H2,1-3H3. The summed E-state index contributed by atoms with van der Waals surface area (Å²) in [7, 11) is 5.24. The smallest absolute Gasteiger partial charge is 0.124 e. The molecule has 0 amide bonds. The second kappa shape index (κ2) is 9.69. The van der Waals surface area contributed by atoms with E-state index in [1.807, 2.05) is 37.5 Å². The van der Waals surface area contributed by atoms with E-state index >= 15 is 0 Å². The molecule has 0 unspecified atom stereocenters. The van der Waals surface area contributed by atoms with Crippen LogP contribution in [0.3, 0.4) is 0 Å². The number of nitrogens with zero attached hydrogens (tertiary/aromatic N) is 5. The van der Waals surface area contributed by atoms with Gasteiger partial charge in [-0.15, -0.1) is 0 Å². The number of hydrogen-bond donors (Lipinski definition) is 1. The number of rotatable bonds is 10. The fourth-order valence-electron chi connectivity index (χ4n) is 4.03. The highest BCUT2D eigenvalue weighted by atomic mass is 16.5. The van der Waals surface area contributed by atoms with Gasteiger partial charge in [-0.1, -0.05) is 0 Å². The molecule has 1 N–H and O–H groups in total. The third-order valence-electron chi connectivity index (χ3n) is 6.13. The van der Waals surface area contributed by atoms with Crippen molar-refractivity contribution in [1.29, 1.82) is 0 Å². The zero-order valence-corrected chi connectivity index (χ0v) is 19.9. The number of hydrogen-bond acceptors (Lipinski definition) is 7. The SMILES string of the molecule is COc1cc(OC)cc(N(CCNCC2CC2)c2ccc3ncc(-c4cnn(C)c4)nc3c2)c1. The Morgan fingerprint density at radius 3 is 2.47 bits per heavy atom. The van der Waals surface area contributed by atoms with Crippen LogP contribution in [-0.4, -0.2) is 53.6 Å². The Morgan fingerprint density at radius 1 is 1.00 bits per heavy atom. The zero-order valence-electron chi connectivity index (χ0n) is 19.9. The lowest BCUT2D eigenvalue weighted by molar-refractivity contribution is 0.394. The van der Waals surface area contributed by atoms with Crippen LogP contribution in [0.1, 0.15) is 12.8 Å². The lowest BCUT2D eigenvalue weighted by Gasteiger charge is -2.26. The highest BCUT2D eigenvalue weighted by molar-refractivity contribution is 5.82. The lowest BCUT2D eigenvalue weighted by atomic mass is 10.2. The van der Waals surface area contributed by atoms with Crippen LogP contribution in [0.5, 0.6) is 11.5 Å². The van der Waals surface area contributed by atoms with Crippen molar-refractivity contribution in [3.63, 3.8) is 0 Å². The van der Waals surface area contributed by atoms with Crippen LogP contribution in [0, 0.1) is 5.92 Å². The van der Waals surface area contributed by atoms with Gasteiger partial charge in [-0.3, -0.25) is 9.67 Å². The van der Waals surface area contributed by atoms with Crippen LogP contribution < -0.4 is 19.7 Å². The zero-order chi connectivity index (χ0) is 23.5. The van der Waals surface area contributed by atoms with Gasteiger partial charge in [0.05, 0.1) is 43.3 Å². The molecule has 0 bridgehead atoms. The van der Waals surface area contributed by atoms with Gasteiger partial charge in [0, 0.05) is 61.5 Å². The van der Waals surface area contributed by atoms with E-state index in [2.05, 4.69) is 32.4 Å². The van der Waals surface area contributed by atoms with Crippen molar-refractivity contribution in [1.82, 2.24) is 25.1 Å². The van der Waals surface area contributed by atoms with E-state index in [9.17, 15) is 0 Å². The molecule has 176 valence electrons. The van der Waals surface area contributed by atoms with Crippen LogP contribution in [0.2, 0.25) is 0 Å². The normalized spacial score (nSPS) is 13.3. The first-order chi connectivity index (χ1) is 16.6. The lowest BCUT2D eigenvalue weighted by Crippen LogP contribution is -2.30. The van der Waals surface area contributed by atoms with Crippen molar-refractivity contribution >= 4 is 22.4 Å². The summed E-state index contributed by atoms with van der Waals surface area (Å²) in [6, 6.07) is 12.2. The van der Waals surface area contributed by atoms with E-state index in [4.69, 9.17) is 14.5 Å². The average molecular weight is 459 g/mol. The van der Waals surface area contributed by atoms with Crippen LogP contribution in [-0.2, 0) is 7.05 Å². The van der Waals surface area contributed by atoms with Crippen molar-refractivity contribution in [2.45, 2.75) is 12.8 Å². The molecule has 8 heteroatoms. The third-order valence-corrected chi connectivity index (χ3v) is 6.13. The average Bonchev–Trinajstić information content (AvgIpc) is 3.60. The Morgan fingerprint density at radius 2 is 1.79 bits per heavy atom. The summed E-state index contributed by atoms with van der Waals surface area (Å²) in [4.78, 5) is 11.8. The highest BCUT2D eigenvalue weighted by Gasteiger charge is 2.20. The van der Waals surface area contributed by atoms with E-state index in [0.717, 1.165) is 70.7 Å². The fraction of sp³-hybridized carbons (Fsp3) is 0.346. The van der Waals surface area contributed by atoms with Crippen molar-refractivity contribution in [2.75, 3.05) is 38.8 Å². The molecule has 1 saturated carbocycles. The molecule has 4 aromatic rings. The minimum Gasteiger partial charge on any atom is -0.497 e. The van der Waals surface area contributed by atoms with Crippen molar-refractivity contribution in [3.05, 3.63) is 55.0 Å². The van der Waals surface area contributed by atoms with E-state index in [1.54, 1.807) is 31.3 Å². The highest BCUT2D eigenvalue weighted by Crippen LogP contribution is 2.34. The summed E-state index contributed by atoms with van der Waals surface area (Å²) in [5, 5.41) is 7.86. The topological polar surface area (TPSA) is 77.3 Å². The van der Waals surface area contributed by atoms with Crippen LogP contribution in [0.15, 0.2) is 55.0 Å². The molecule has 0 radical (unpaired) electrons. The van der Waals surface area contributed by atoms with Gasteiger partial charge in [0.25, 0.3) is 0 Å². The molecule has 0 spiro atoms. The molecular weight excluding hydrogens is 428 g/mol. The molecule has 2 aromatic carbocycles. The predicted molar refractivity (Wildman–Crippen MR) is 134 cm³/mol. The number of methoxy groups -OCH3 is 2. The molecule has 8 nitrogen and oxygen atoms in total. The van der Waals surface area contributed by atoms with Gasteiger partial charge >= 0.3 is 0 Å². The van der Waals surface area contributed by atoms with Crippen LogP contribution in [0.25, 0.3) is 22.3 Å². The molecule has 0 aliphatic heterocycles. The van der Waals surface area contributed by atoms with Crippen molar-refractivity contribution < 1.29 is 9.47 Å². The first-order valence-corrected chi connectivity index (χ1v) is 11.6. The van der Waals surface area contributed by atoms with Gasteiger partial charge in [0.15, 0.2) is 0 Å². The summed E-state index contributed by atoms with van der Waals surface area (Å²) >= 11 is 0. The molecule has 2 aromatic heterocycles. The molecule has 0 saturated heterocycles. The monoisotopic (exact) mass is 458 g/mol. The third kappa shape index (κ3) is 4.97. The number of benzene rings is 2. The van der Waals surface area contributed by atoms with Gasteiger partial charge in [-0.2, -0.15) is 5.10 Å². The Kier molecular flexibility index (Phi) is 6.31. The van der Waals surface area contributed by atoms with Gasteiger partial charge in [0.2, 0.25) is 0 Å². The van der Waals surface area contributed by atoms with Crippen molar-refractivity contribution in [3.8, 4) is 22.8 Å². The predicted octanol–water partition coefficient (Wildman–Crippen LogP) is 4.19. The van der Waals surface area contributed by atoms with E-state index < -0.39 is 0 Å². The van der Waals surface area contributed by atoms with Gasteiger partial charge in [-0.05, 0) is 43.5 Å². The molecular formula is C26H30N6O2. The summed E-state index contributed by atoms with van der Waals surface area (Å²) in [6.45, 7) is 2.74. The van der Waals surface area contributed by atoms with E-state index in [1.165, 1.54) is 12.8 Å². The van der Waals surface area contributed by atoms with E-state index in [0.29, 0.717) is 0 Å². The number of aromatic nitrogens is 4. The number of anilines is 2. The fourth-order valence-corrected chi connectivity index (χ4v) is 4.03. The Hall–Kier alpha value is -3.65. The number of aryl methyl sites for hydroxylation is 1. The van der Waals surface area contributed by atoms with Gasteiger partial charge in [-0.25, -0.2) is 4.98 Å². The minimum atomic E-state index is 0.754. The molecule has 34 heavy (non-hydrogen) atoms. The Bertz CT molecular complexity index is 1260. The summed E-state index contributed by atoms with van der Waals surface area (Å²) in [6.07, 6.45) is 8.23. The summed E-state index contributed by atoms with van der Waals surface area (Å²) in [5.74, 6) is 2.35. The van der Waals surface area contributed by atoms with Crippen LogP contribution in [0.4, 0.5) is 11.4 Å². The molecule has 0 atom stereocenters. The maximum atomic E-state index is 5.53. The second-order valence-electron chi connectivity index (χ2n) is 8.70. The molecule has 1 aliphatic carbocycles. The number of nitrogens with one attached hydrogen (secondary N) is 1. The van der Waals surface area contributed by atoms with Gasteiger partial charge < -0.3 is 19.7 Å². The van der Waals surface area contributed by atoms with E-state index in [-0.39, 0.29) is 0 Å². The molecule has 1 fully saturated rings. The minimum absolute atomic E-state index is 0.754. The summed E-state index contributed by atoms with van der Waals surface area (Å²) < 4.78 is 12.8. The quantitative estimate of drug-likeness (QED) is 0.357. The maximum absolute atomic E-state index is 5.53. The van der Waals surface area contributed by atoms with Crippen LogP contribution >= 0.6 is 0 Å². The number of fused-ring (bicyclic) bond motifs is 1. The largest absolute Gasteiger partial charge is 0.497 e. The first kappa shape index (κ1) is 22.2. The Balaban J connectivity index is 1.50. The first-order valence-electron chi connectivity index (χ1n) is 11.6. The summed E-state index contributed by atoms with van der Waals surface area (Å²) in [5.41, 5.74) is 5.48. The molecule has 5 rings (SSSR count). The molecule has 1 aliphatic rings. The van der Waals surface area contributed by atoms with Crippen molar-refractivity contribution in [2.24, 2.45) is 13.0 Å². The Labute approximate surface area is 199 Å². The second-order valence-corrected chi connectivity index (χ2v) is 8.70. The maximum Gasteiger partial charge on any atom is 0.124 e.